The van der Waals surface area contributed by atoms with E-state index < -0.39 is 0 Å². The molecule has 0 atom stereocenters. The Morgan fingerprint density at radius 2 is 0.617 bits per heavy atom. The zero-order valence-corrected chi connectivity index (χ0v) is 30.2. The van der Waals surface area contributed by atoms with Crippen LogP contribution in [0.15, 0.2) is 0 Å². The Balaban J connectivity index is 3.10. The molecule has 282 valence electrons. The largest absolute Gasteiger partial charge is 0.463 e. The number of carbonyl (C=O) groups excluding carboxylic acids is 1. The van der Waals surface area contributed by atoms with E-state index in [1.807, 2.05) is 0 Å². The second-order valence-corrected chi connectivity index (χ2v) is 11.0. The van der Waals surface area contributed by atoms with Gasteiger partial charge in [0.15, 0.2) is 0 Å². The molecule has 0 N–H and O–H groups in total. The summed E-state index contributed by atoms with van der Waals surface area (Å²) in [5, 5.41) is 0. The maximum Gasteiger partial charge on any atom is 0.305 e. The Labute approximate surface area is 289 Å². The molecule has 0 aromatic heterocycles. The lowest BCUT2D eigenvalue weighted by Gasteiger charge is -2.09. The molecular weight excluding hydrogens is 636 g/mol. The van der Waals surface area contributed by atoms with Crippen molar-refractivity contribution in [3.05, 3.63) is 0 Å². The summed E-state index contributed by atoms with van der Waals surface area (Å²) in [6, 6.07) is 0. The van der Waals surface area contributed by atoms with E-state index in [9.17, 15) is 4.79 Å². The maximum atomic E-state index is 11.8. The molecule has 0 aromatic rings. The van der Waals surface area contributed by atoms with Crippen LogP contribution in [0.25, 0.3) is 0 Å². The molecule has 0 amide bonds. The van der Waals surface area contributed by atoms with Gasteiger partial charge in [0.2, 0.25) is 0 Å². The van der Waals surface area contributed by atoms with E-state index >= 15 is 0 Å². The van der Waals surface area contributed by atoms with Crippen LogP contribution in [0, 0.1) is 0 Å². The molecule has 47 heavy (non-hydrogen) atoms. The molecule has 0 unspecified atom stereocenters. The summed E-state index contributed by atoms with van der Waals surface area (Å²) in [6.07, 6.45) is 11.6. The number of hydrogen-bond donors (Lipinski definition) is 0. The van der Waals surface area contributed by atoms with Gasteiger partial charge in [-0.3, -0.25) is 4.79 Å². The zero-order chi connectivity index (χ0) is 34.0. The van der Waals surface area contributed by atoms with E-state index in [4.69, 9.17) is 63.7 Å². The monoisotopic (exact) mass is 702 g/mol. The summed E-state index contributed by atoms with van der Waals surface area (Å²) < 4.78 is 59.5. The van der Waals surface area contributed by atoms with Crippen molar-refractivity contribution in [3.63, 3.8) is 0 Å². The molecule has 13 heteroatoms. The summed E-state index contributed by atoms with van der Waals surface area (Å²) in [5.74, 6) is 0.360. The van der Waals surface area contributed by atoms with Crippen molar-refractivity contribution < 1.29 is 56.9 Å². The summed E-state index contributed by atoms with van der Waals surface area (Å²) >= 11 is 5.51. The van der Waals surface area contributed by atoms with Crippen molar-refractivity contribution in [2.75, 3.05) is 145 Å². The third-order valence-corrected chi connectivity index (χ3v) is 6.70. The Kier molecular flexibility index (Phi) is 42.8. The summed E-state index contributed by atoms with van der Waals surface area (Å²) in [7, 11) is 0. The van der Waals surface area contributed by atoms with Crippen LogP contribution < -0.4 is 0 Å². The van der Waals surface area contributed by atoms with Gasteiger partial charge in [-0.15, -0.1) is 11.6 Å². The third kappa shape index (κ3) is 43.3. The smallest absolute Gasteiger partial charge is 0.305 e. The van der Waals surface area contributed by atoms with Crippen molar-refractivity contribution in [2.45, 2.75) is 71.1 Å². The lowest BCUT2D eigenvalue weighted by Crippen LogP contribution is -2.15. The minimum absolute atomic E-state index is 0.136. The average Bonchev–Trinajstić information content (AvgIpc) is 3.08. The van der Waals surface area contributed by atoms with Crippen molar-refractivity contribution in [2.24, 2.45) is 0 Å². The van der Waals surface area contributed by atoms with E-state index in [-0.39, 0.29) is 12.6 Å². The lowest BCUT2D eigenvalue weighted by atomic mass is 10.1. The van der Waals surface area contributed by atoms with Crippen molar-refractivity contribution in [1.82, 2.24) is 0 Å². The van der Waals surface area contributed by atoms with E-state index in [1.165, 1.54) is 44.9 Å². The second-order valence-electron chi connectivity index (χ2n) is 10.6. The summed E-state index contributed by atoms with van der Waals surface area (Å²) in [5.41, 5.74) is 0. The first-order valence-corrected chi connectivity index (χ1v) is 18.3. The van der Waals surface area contributed by atoms with E-state index in [1.54, 1.807) is 0 Å². The van der Waals surface area contributed by atoms with E-state index in [2.05, 4.69) is 6.92 Å². The van der Waals surface area contributed by atoms with Crippen LogP contribution in [0.2, 0.25) is 0 Å². The second kappa shape index (κ2) is 43.4. The number of esters is 1. The Morgan fingerprint density at radius 3 is 0.915 bits per heavy atom. The highest BCUT2D eigenvalue weighted by Crippen LogP contribution is 2.10. The van der Waals surface area contributed by atoms with Crippen molar-refractivity contribution in [3.8, 4) is 0 Å². The van der Waals surface area contributed by atoms with Crippen LogP contribution in [0.3, 0.4) is 0 Å². The molecule has 0 aliphatic carbocycles. The van der Waals surface area contributed by atoms with Crippen molar-refractivity contribution in [1.29, 1.82) is 0 Å². The number of carbonyl (C=O) groups is 1. The standard InChI is InChI=1S/C34H67ClO12/c1-2-3-4-5-6-7-8-9-10-11-34(36)47-33-32-46-31-30-45-29-28-44-27-26-43-25-24-42-23-22-41-21-20-40-19-18-39-17-16-38-15-14-37-13-12-35/h2-33H2,1H3. The highest BCUT2D eigenvalue weighted by Gasteiger charge is 2.03. The lowest BCUT2D eigenvalue weighted by molar-refractivity contribution is -0.145. The Bertz CT molecular complexity index is 591. The van der Waals surface area contributed by atoms with Crippen LogP contribution >= 0.6 is 11.6 Å². The van der Waals surface area contributed by atoms with E-state index in [0.29, 0.717) is 144 Å². The van der Waals surface area contributed by atoms with Crippen LogP contribution in [-0.4, -0.2) is 151 Å². The molecule has 0 spiro atoms. The first-order valence-electron chi connectivity index (χ1n) is 17.8. The Morgan fingerprint density at radius 1 is 0.362 bits per heavy atom. The fraction of sp³-hybridized carbons (Fsp3) is 0.971. The quantitative estimate of drug-likeness (QED) is 0.0491. The van der Waals surface area contributed by atoms with Gasteiger partial charge in [-0.05, 0) is 6.42 Å². The Hall–Kier alpha value is -0.640. The van der Waals surface area contributed by atoms with Gasteiger partial charge >= 0.3 is 5.97 Å². The molecule has 12 nitrogen and oxygen atoms in total. The number of unbranched alkanes of at least 4 members (excludes halogenated alkanes) is 8. The first kappa shape index (κ1) is 46.4. The van der Waals surface area contributed by atoms with E-state index in [0.717, 1.165) is 12.8 Å². The molecule has 0 bridgehead atoms. The minimum atomic E-state index is -0.136. The van der Waals surface area contributed by atoms with Gasteiger partial charge in [-0.2, -0.15) is 0 Å². The van der Waals surface area contributed by atoms with Gasteiger partial charge in [-0.1, -0.05) is 58.3 Å². The van der Waals surface area contributed by atoms with Crippen LogP contribution in [0.1, 0.15) is 71.1 Å². The molecule has 0 aliphatic rings. The maximum absolute atomic E-state index is 11.8. The van der Waals surface area contributed by atoms with Gasteiger partial charge in [0.25, 0.3) is 0 Å². The molecule has 0 saturated heterocycles. The van der Waals surface area contributed by atoms with Crippen LogP contribution in [-0.2, 0) is 56.9 Å². The molecular formula is C34H67ClO12. The number of halogens is 1. The molecule has 0 rings (SSSR count). The number of ether oxygens (including phenoxy) is 11. The minimum Gasteiger partial charge on any atom is -0.463 e. The molecule has 0 aliphatic heterocycles. The summed E-state index contributed by atoms with van der Waals surface area (Å²) in [6.45, 7) is 12.6. The van der Waals surface area contributed by atoms with Crippen molar-refractivity contribution >= 4 is 17.6 Å². The van der Waals surface area contributed by atoms with Gasteiger partial charge < -0.3 is 52.1 Å². The summed E-state index contributed by atoms with van der Waals surface area (Å²) in [4.78, 5) is 11.8. The normalized spacial score (nSPS) is 11.4. The number of rotatable bonds is 42. The fourth-order valence-electron chi connectivity index (χ4n) is 4.00. The fourth-order valence-corrected chi connectivity index (χ4v) is 4.11. The highest BCUT2D eigenvalue weighted by molar-refractivity contribution is 6.17. The first-order chi connectivity index (χ1) is 23.3. The topological polar surface area (TPSA) is 119 Å². The molecule has 0 aromatic carbocycles. The highest BCUT2D eigenvalue weighted by atomic mass is 35.5. The predicted octanol–water partition coefficient (Wildman–Crippen LogP) is 4.86. The van der Waals surface area contributed by atoms with Gasteiger partial charge in [0.1, 0.15) is 6.61 Å². The zero-order valence-electron chi connectivity index (χ0n) is 29.4. The average molecular weight is 703 g/mol. The van der Waals surface area contributed by atoms with Gasteiger partial charge in [0.05, 0.1) is 132 Å². The predicted molar refractivity (Wildman–Crippen MR) is 182 cm³/mol. The molecule has 0 radical (unpaired) electrons. The van der Waals surface area contributed by atoms with Crippen LogP contribution in [0.5, 0.6) is 0 Å². The molecule has 0 heterocycles. The van der Waals surface area contributed by atoms with Gasteiger partial charge in [-0.25, -0.2) is 0 Å². The van der Waals surface area contributed by atoms with Crippen LogP contribution in [0.4, 0.5) is 0 Å². The number of alkyl halides is 1. The SMILES string of the molecule is CCCCCCCCCCCC(=O)OCCOCCOCCOCCOCCOCCOCCOCCOCCOCCOCCCl. The molecule has 0 fully saturated rings. The number of hydrogen-bond acceptors (Lipinski definition) is 12. The molecule has 0 saturated carbocycles. The van der Waals surface area contributed by atoms with Gasteiger partial charge in [0, 0.05) is 12.3 Å². The third-order valence-electron chi connectivity index (χ3n) is 6.54.